The average molecular weight is 322 g/mol. The number of ether oxygens (including phenoxy) is 1. The minimum atomic E-state index is -0.496. The fourth-order valence-electron chi connectivity index (χ4n) is 1.71. The molecule has 0 spiro atoms. The Kier molecular flexibility index (Phi) is 4.87. The monoisotopic (exact) mass is 322 g/mol. The Bertz CT molecular complexity index is 713. The van der Waals surface area contributed by atoms with Crippen LogP contribution >= 0.6 is 11.3 Å². The summed E-state index contributed by atoms with van der Waals surface area (Å²) in [7, 11) is 0. The number of carbonyl (C=O) groups excluding carboxylic acids is 2. The molecule has 0 saturated heterocycles. The van der Waals surface area contributed by atoms with Crippen LogP contribution in [-0.4, -0.2) is 23.0 Å². The van der Waals surface area contributed by atoms with E-state index < -0.39 is 17.7 Å². The van der Waals surface area contributed by atoms with Gasteiger partial charge in [0.2, 0.25) is 0 Å². The fourth-order valence-corrected chi connectivity index (χ4v) is 2.55. The third kappa shape index (κ3) is 3.88. The van der Waals surface area contributed by atoms with Crippen molar-refractivity contribution in [2.75, 3.05) is 5.32 Å². The van der Waals surface area contributed by atoms with Crippen LogP contribution in [-0.2, 0) is 4.74 Å². The molecule has 0 aliphatic rings. The molecule has 0 fully saturated rings. The average Bonchev–Trinajstić information content (AvgIpc) is 2.79. The number of hydrogen-bond acceptors (Lipinski definition) is 5. The van der Waals surface area contributed by atoms with Crippen LogP contribution < -0.4 is 5.32 Å². The second kappa shape index (κ2) is 6.65. The van der Waals surface area contributed by atoms with Gasteiger partial charge in [-0.3, -0.25) is 10.1 Å². The lowest BCUT2D eigenvalue weighted by atomic mass is 10.2. The summed E-state index contributed by atoms with van der Waals surface area (Å²) in [5, 5.41) is 2.82. The highest BCUT2D eigenvalue weighted by atomic mass is 32.1. The molecule has 0 aliphatic carbocycles. The van der Waals surface area contributed by atoms with E-state index in [1.54, 1.807) is 20.8 Å². The van der Waals surface area contributed by atoms with Crippen LogP contribution in [0.3, 0.4) is 0 Å². The maximum atomic E-state index is 13.1. The third-order valence-corrected chi connectivity index (χ3v) is 3.68. The molecule has 5 nitrogen and oxygen atoms in total. The van der Waals surface area contributed by atoms with Gasteiger partial charge >= 0.3 is 5.97 Å². The Morgan fingerprint density at radius 1 is 1.36 bits per heavy atom. The Morgan fingerprint density at radius 3 is 2.73 bits per heavy atom. The maximum Gasteiger partial charge on any atom is 0.350 e. The van der Waals surface area contributed by atoms with E-state index in [4.69, 9.17) is 4.74 Å². The predicted molar refractivity (Wildman–Crippen MR) is 81.8 cm³/mol. The minimum absolute atomic E-state index is 0.180. The number of anilines is 1. The lowest BCUT2D eigenvalue weighted by Gasteiger charge is -2.05. The van der Waals surface area contributed by atoms with Crippen LogP contribution in [0.25, 0.3) is 0 Å². The SMILES string of the molecule is Cc1nc(NC(=O)c2cccc(F)c2)sc1C(=O)OC(C)C. The van der Waals surface area contributed by atoms with Crippen molar-refractivity contribution in [3.63, 3.8) is 0 Å². The third-order valence-electron chi connectivity index (χ3n) is 2.63. The molecular weight excluding hydrogens is 307 g/mol. The van der Waals surface area contributed by atoms with Gasteiger partial charge in [-0.2, -0.15) is 0 Å². The molecule has 2 aromatic rings. The van der Waals surface area contributed by atoms with E-state index in [0.29, 0.717) is 10.6 Å². The summed E-state index contributed by atoms with van der Waals surface area (Å²) in [5.41, 5.74) is 0.657. The van der Waals surface area contributed by atoms with Gasteiger partial charge in [-0.25, -0.2) is 14.2 Å². The number of aryl methyl sites for hydroxylation is 1. The van der Waals surface area contributed by atoms with Crippen molar-refractivity contribution in [2.24, 2.45) is 0 Å². The first-order chi connectivity index (χ1) is 10.4. The summed E-state index contributed by atoms with van der Waals surface area (Å²) in [5.74, 6) is -1.46. The first-order valence-electron chi connectivity index (χ1n) is 6.62. The van der Waals surface area contributed by atoms with E-state index in [9.17, 15) is 14.0 Å². The van der Waals surface area contributed by atoms with Crippen LogP contribution in [0, 0.1) is 12.7 Å². The Hall–Kier alpha value is -2.28. The molecular formula is C15H15FN2O3S. The normalized spacial score (nSPS) is 10.6. The Labute approximate surface area is 131 Å². The van der Waals surface area contributed by atoms with E-state index >= 15 is 0 Å². The van der Waals surface area contributed by atoms with Crippen LogP contribution in [0.2, 0.25) is 0 Å². The quantitative estimate of drug-likeness (QED) is 0.876. The number of benzene rings is 1. The van der Waals surface area contributed by atoms with Crippen molar-refractivity contribution in [3.05, 3.63) is 46.2 Å². The van der Waals surface area contributed by atoms with Crippen molar-refractivity contribution in [1.29, 1.82) is 0 Å². The number of halogens is 1. The van der Waals surface area contributed by atoms with E-state index in [1.807, 2.05) is 0 Å². The number of carbonyl (C=O) groups is 2. The summed E-state index contributed by atoms with van der Waals surface area (Å²) in [4.78, 5) is 28.3. The van der Waals surface area contributed by atoms with E-state index in [0.717, 1.165) is 17.4 Å². The summed E-state index contributed by atoms with van der Waals surface area (Å²) in [6.07, 6.45) is -0.237. The summed E-state index contributed by atoms with van der Waals surface area (Å²) in [6.45, 7) is 5.16. The maximum absolute atomic E-state index is 13.1. The smallest absolute Gasteiger partial charge is 0.350 e. The molecule has 0 aliphatic heterocycles. The molecule has 7 heteroatoms. The number of nitrogens with one attached hydrogen (secondary N) is 1. The van der Waals surface area contributed by atoms with Gasteiger partial charge in [0.15, 0.2) is 5.13 Å². The highest BCUT2D eigenvalue weighted by Gasteiger charge is 2.19. The Balaban J connectivity index is 2.14. The van der Waals surface area contributed by atoms with Gasteiger partial charge in [-0.15, -0.1) is 0 Å². The molecule has 1 N–H and O–H groups in total. The largest absolute Gasteiger partial charge is 0.459 e. The molecule has 1 heterocycles. The van der Waals surface area contributed by atoms with Gasteiger partial charge in [0.1, 0.15) is 10.7 Å². The minimum Gasteiger partial charge on any atom is -0.459 e. The molecule has 0 radical (unpaired) electrons. The number of aromatic nitrogens is 1. The molecule has 2 rings (SSSR count). The number of esters is 1. The lowest BCUT2D eigenvalue weighted by Crippen LogP contribution is -2.11. The topological polar surface area (TPSA) is 68.3 Å². The van der Waals surface area contributed by atoms with Crippen LogP contribution in [0.5, 0.6) is 0 Å². The van der Waals surface area contributed by atoms with Crippen LogP contribution in [0.15, 0.2) is 24.3 Å². The van der Waals surface area contributed by atoms with Crippen LogP contribution in [0.4, 0.5) is 9.52 Å². The molecule has 116 valence electrons. The van der Waals surface area contributed by atoms with Crippen molar-refractivity contribution in [2.45, 2.75) is 26.9 Å². The van der Waals surface area contributed by atoms with E-state index in [1.165, 1.54) is 18.2 Å². The number of nitrogens with zero attached hydrogens (tertiary/aromatic N) is 1. The van der Waals surface area contributed by atoms with Gasteiger partial charge in [0, 0.05) is 5.56 Å². The van der Waals surface area contributed by atoms with Crippen molar-refractivity contribution >= 4 is 28.3 Å². The lowest BCUT2D eigenvalue weighted by molar-refractivity contribution is 0.0382. The van der Waals surface area contributed by atoms with Crippen molar-refractivity contribution < 1.29 is 18.7 Å². The zero-order valence-electron chi connectivity index (χ0n) is 12.3. The molecule has 0 bridgehead atoms. The highest BCUT2D eigenvalue weighted by molar-refractivity contribution is 7.17. The van der Waals surface area contributed by atoms with Crippen molar-refractivity contribution in [1.82, 2.24) is 4.98 Å². The number of amides is 1. The molecule has 1 amide bonds. The standard InChI is InChI=1S/C15H15FN2O3S/c1-8(2)21-14(20)12-9(3)17-15(22-12)18-13(19)10-5-4-6-11(16)7-10/h4-8H,1-3H3,(H,17,18,19). The van der Waals surface area contributed by atoms with Crippen LogP contribution in [0.1, 0.15) is 39.6 Å². The van der Waals surface area contributed by atoms with Gasteiger partial charge in [-0.05, 0) is 39.0 Å². The van der Waals surface area contributed by atoms with Gasteiger partial charge in [0.05, 0.1) is 11.8 Å². The van der Waals surface area contributed by atoms with E-state index in [-0.39, 0.29) is 16.8 Å². The Morgan fingerprint density at radius 2 is 2.09 bits per heavy atom. The molecule has 1 aromatic carbocycles. The molecule has 22 heavy (non-hydrogen) atoms. The summed E-state index contributed by atoms with van der Waals surface area (Å²) < 4.78 is 18.2. The van der Waals surface area contributed by atoms with Gasteiger partial charge in [-0.1, -0.05) is 17.4 Å². The first kappa shape index (κ1) is 16.1. The first-order valence-corrected chi connectivity index (χ1v) is 7.44. The predicted octanol–water partition coefficient (Wildman–Crippen LogP) is 3.41. The summed E-state index contributed by atoms with van der Waals surface area (Å²) >= 11 is 1.03. The second-order valence-electron chi connectivity index (χ2n) is 4.85. The van der Waals surface area contributed by atoms with E-state index in [2.05, 4.69) is 10.3 Å². The fraction of sp³-hybridized carbons (Fsp3) is 0.267. The number of hydrogen-bond donors (Lipinski definition) is 1. The molecule has 1 aromatic heterocycles. The zero-order chi connectivity index (χ0) is 16.3. The highest BCUT2D eigenvalue weighted by Crippen LogP contribution is 2.24. The molecule has 0 saturated carbocycles. The van der Waals surface area contributed by atoms with Crippen molar-refractivity contribution in [3.8, 4) is 0 Å². The second-order valence-corrected chi connectivity index (χ2v) is 5.85. The number of rotatable bonds is 4. The summed E-state index contributed by atoms with van der Waals surface area (Å²) in [6, 6.07) is 5.32. The molecule has 0 atom stereocenters. The number of thiazole rings is 1. The van der Waals surface area contributed by atoms with Gasteiger partial charge < -0.3 is 4.74 Å². The molecule has 0 unspecified atom stereocenters. The zero-order valence-corrected chi connectivity index (χ0v) is 13.2. The van der Waals surface area contributed by atoms with Gasteiger partial charge in [0.25, 0.3) is 5.91 Å².